The molecule has 0 aromatic heterocycles. The lowest BCUT2D eigenvalue weighted by atomic mass is 10.0. The summed E-state index contributed by atoms with van der Waals surface area (Å²) in [5.41, 5.74) is 3.63. The summed E-state index contributed by atoms with van der Waals surface area (Å²) in [5.74, 6) is 0.823. The van der Waals surface area contributed by atoms with Gasteiger partial charge in [0.2, 0.25) is 0 Å². The molecule has 142 valence electrons. The van der Waals surface area contributed by atoms with Crippen LogP contribution in [0, 0.1) is 0 Å². The van der Waals surface area contributed by atoms with Gasteiger partial charge in [-0.2, -0.15) is 0 Å². The molecule has 3 rings (SSSR count). The highest BCUT2D eigenvalue weighted by Gasteiger charge is 2.32. The van der Waals surface area contributed by atoms with Crippen LogP contribution < -0.4 is 4.72 Å². The topological polar surface area (TPSA) is 58.5 Å². The summed E-state index contributed by atoms with van der Waals surface area (Å²) in [7, 11) is -3.59. The van der Waals surface area contributed by atoms with Crippen LogP contribution in [0.1, 0.15) is 43.4 Å². The van der Waals surface area contributed by atoms with Gasteiger partial charge in [0.15, 0.2) is 0 Å². The van der Waals surface area contributed by atoms with E-state index in [1.54, 1.807) is 6.92 Å². The Kier molecular flexibility index (Phi) is 5.72. The SMILES string of the molecule is CC1=C(c2ccc(C(C)C)cc2)S(=O)(=O)NC1=NCCc1ccc(Cl)cc1. The monoisotopic (exact) mass is 402 g/mol. The van der Waals surface area contributed by atoms with Crippen LogP contribution in [-0.2, 0) is 16.4 Å². The molecule has 0 aliphatic carbocycles. The minimum Gasteiger partial charge on any atom is -0.267 e. The smallest absolute Gasteiger partial charge is 0.264 e. The second-order valence-corrected chi connectivity index (χ2v) is 9.00. The van der Waals surface area contributed by atoms with Crippen LogP contribution in [0.3, 0.4) is 0 Å². The normalized spacial score (nSPS) is 17.6. The van der Waals surface area contributed by atoms with Gasteiger partial charge in [0.25, 0.3) is 10.0 Å². The maximum atomic E-state index is 12.6. The fraction of sp³-hybridized carbons (Fsp3) is 0.286. The molecule has 27 heavy (non-hydrogen) atoms. The number of rotatable bonds is 5. The number of aliphatic imine (C=N–C) groups is 1. The summed E-state index contributed by atoms with van der Waals surface area (Å²) in [6, 6.07) is 15.3. The van der Waals surface area contributed by atoms with Crippen LogP contribution in [-0.4, -0.2) is 20.8 Å². The summed E-state index contributed by atoms with van der Waals surface area (Å²) in [6.07, 6.45) is 0.716. The Morgan fingerprint density at radius 1 is 1.04 bits per heavy atom. The number of sulfonamides is 1. The van der Waals surface area contributed by atoms with Crippen LogP contribution in [0.25, 0.3) is 4.91 Å². The third kappa shape index (κ3) is 4.42. The van der Waals surface area contributed by atoms with Crippen molar-refractivity contribution in [2.45, 2.75) is 33.1 Å². The Morgan fingerprint density at radius 2 is 1.67 bits per heavy atom. The molecule has 0 saturated heterocycles. The molecule has 0 amide bonds. The maximum Gasteiger partial charge on any atom is 0.264 e. The number of nitrogens with zero attached hydrogens (tertiary/aromatic N) is 1. The average molecular weight is 403 g/mol. The van der Waals surface area contributed by atoms with E-state index in [0.717, 1.165) is 5.56 Å². The number of amidine groups is 1. The third-order valence-corrected chi connectivity index (χ3v) is 6.41. The van der Waals surface area contributed by atoms with E-state index < -0.39 is 10.0 Å². The van der Waals surface area contributed by atoms with Crippen molar-refractivity contribution in [2.75, 3.05) is 6.54 Å². The standard InChI is InChI=1S/C21H23ClN2O2S/c1-14(2)17-6-8-18(9-7-17)20-15(3)21(24-27(20,25)26)23-13-12-16-4-10-19(22)11-5-16/h4-11,14H,12-13H2,1-3H3,(H,23,24). The van der Waals surface area contributed by atoms with E-state index in [-0.39, 0.29) is 0 Å². The molecule has 1 heterocycles. The minimum absolute atomic E-state index is 0.308. The summed E-state index contributed by atoms with van der Waals surface area (Å²) in [4.78, 5) is 4.78. The highest BCUT2D eigenvalue weighted by molar-refractivity contribution is 8.00. The lowest BCUT2D eigenvalue weighted by Gasteiger charge is -2.07. The van der Waals surface area contributed by atoms with Crippen LogP contribution in [0.4, 0.5) is 0 Å². The predicted molar refractivity (Wildman–Crippen MR) is 113 cm³/mol. The zero-order valence-corrected chi connectivity index (χ0v) is 17.2. The van der Waals surface area contributed by atoms with Gasteiger partial charge in [0, 0.05) is 17.1 Å². The molecular weight excluding hydrogens is 380 g/mol. The summed E-state index contributed by atoms with van der Waals surface area (Å²) >= 11 is 5.89. The molecule has 1 aliphatic rings. The first-order valence-electron chi connectivity index (χ1n) is 8.91. The first-order valence-corrected chi connectivity index (χ1v) is 10.8. The van der Waals surface area contributed by atoms with Crippen molar-refractivity contribution in [1.82, 2.24) is 4.72 Å². The molecule has 2 aromatic rings. The molecule has 4 nitrogen and oxygen atoms in total. The summed E-state index contributed by atoms with van der Waals surface area (Å²) in [6.45, 7) is 6.51. The Morgan fingerprint density at radius 3 is 2.26 bits per heavy atom. The van der Waals surface area contributed by atoms with Gasteiger partial charge < -0.3 is 0 Å². The zero-order chi connectivity index (χ0) is 19.6. The molecule has 0 saturated carbocycles. The molecule has 0 unspecified atom stereocenters. The van der Waals surface area contributed by atoms with Gasteiger partial charge in [-0.1, -0.05) is 61.8 Å². The van der Waals surface area contributed by atoms with E-state index in [2.05, 4.69) is 23.6 Å². The minimum atomic E-state index is -3.59. The van der Waals surface area contributed by atoms with E-state index in [1.807, 2.05) is 48.5 Å². The molecule has 1 N–H and O–H groups in total. The number of halogens is 1. The average Bonchev–Trinajstić information content (AvgIpc) is 2.85. The Labute approximate surface area is 166 Å². The van der Waals surface area contributed by atoms with Gasteiger partial charge in [0.1, 0.15) is 10.7 Å². The van der Waals surface area contributed by atoms with E-state index in [0.29, 0.717) is 45.8 Å². The molecule has 0 fully saturated rings. The Bertz CT molecular complexity index is 989. The lowest BCUT2D eigenvalue weighted by molar-refractivity contribution is 0.603. The first-order chi connectivity index (χ1) is 12.8. The molecule has 0 radical (unpaired) electrons. The van der Waals surface area contributed by atoms with Crippen molar-refractivity contribution in [3.63, 3.8) is 0 Å². The fourth-order valence-corrected chi connectivity index (χ4v) is 4.70. The fourth-order valence-electron chi connectivity index (χ4n) is 3.05. The lowest BCUT2D eigenvalue weighted by Crippen LogP contribution is -2.24. The Hall–Kier alpha value is -2.11. The highest BCUT2D eigenvalue weighted by Crippen LogP contribution is 2.30. The number of nitrogens with one attached hydrogen (secondary N) is 1. The Balaban J connectivity index is 1.82. The first kappa shape index (κ1) is 19.6. The second kappa shape index (κ2) is 7.87. The molecule has 0 spiro atoms. The van der Waals surface area contributed by atoms with Crippen LogP contribution >= 0.6 is 11.6 Å². The van der Waals surface area contributed by atoms with Gasteiger partial charge in [-0.3, -0.25) is 9.71 Å². The van der Waals surface area contributed by atoms with Crippen LogP contribution in [0.15, 0.2) is 59.1 Å². The van der Waals surface area contributed by atoms with E-state index in [9.17, 15) is 8.42 Å². The van der Waals surface area contributed by atoms with Crippen LogP contribution in [0.5, 0.6) is 0 Å². The van der Waals surface area contributed by atoms with Crippen molar-refractivity contribution in [3.8, 4) is 0 Å². The summed E-state index contributed by atoms with van der Waals surface area (Å²) in [5, 5.41) is 0.695. The molecule has 2 aromatic carbocycles. The molecular formula is C21H23ClN2O2S. The van der Waals surface area contributed by atoms with Gasteiger partial charge in [0.05, 0.1) is 0 Å². The molecule has 6 heteroatoms. The maximum absolute atomic E-state index is 12.6. The zero-order valence-electron chi connectivity index (χ0n) is 15.7. The second-order valence-electron chi connectivity index (χ2n) is 6.94. The van der Waals surface area contributed by atoms with E-state index in [4.69, 9.17) is 11.6 Å². The van der Waals surface area contributed by atoms with Gasteiger partial charge in [-0.05, 0) is 48.1 Å². The summed E-state index contributed by atoms with van der Waals surface area (Å²) < 4.78 is 27.8. The van der Waals surface area contributed by atoms with Gasteiger partial charge in [-0.15, -0.1) is 0 Å². The van der Waals surface area contributed by atoms with E-state index in [1.165, 1.54) is 5.56 Å². The third-order valence-electron chi connectivity index (χ3n) is 4.62. The van der Waals surface area contributed by atoms with Crippen molar-refractivity contribution in [1.29, 1.82) is 0 Å². The molecule has 0 bridgehead atoms. The van der Waals surface area contributed by atoms with Crippen molar-refractivity contribution in [2.24, 2.45) is 4.99 Å². The number of hydrogen-bond acceptors (Lipinski definition) is 3. The highest BCUT2D eigenvalue weighted by atomic mass is 35.5. The molecule has 1 aliphatic heterocycles. The number of benzene rings is 2. The van der Waals surface area contributed by atoms with Crippen molar-refractivity contribution in [3.05, 3.63) is 75.8 Å². The van der Waals surface area contributed by atoms with Gasteiger partial charge >= 0.3 is 0 Å². The predicted octanol–water partition coefficient (Wildman–Crippen LogP) is 4.77. The molecule has 0 atom stereocenters. The van der Waals surface area contributed by atoms with E-state index >= 15 is 0 Å². The van der Waals surface area contributed by atoms with Crippen molar-refractivity contribution >= 4 is 32.4 Å². The van der Waals surface area contributed by atoms with Crippen molar-refractivity contribution < 1.29 is 8.42 Å². The number of hydrogen-bond donors (Lipinski definition) is 1. The van der Waals surface area contributed by atoms with Crippen LogP contribution in [0.2, 0.25) is 5.02 Å². The van der Waals surface area contributed by atoms with Gasteiger partial charge in [-0.25, -0.2) is 8.42 Å². The quantitative estimate of drug-likeness (QED) is 0.783. The largest absolute Gasteiger partial charge is 0.267 e.